The average molecular weight is 389 g/mol. The van der Waals surface area contributed by atoms with Crippen LogP contribution in [0.3, 0.4) is 0 Å². The van der Waals surface area contributed by atoms with Gasteiger partial charge < -0.3 is 20.0 Å². The highest BCUT2D eigenvalue weighted by atomic mass is 16.3. The van der Waals surface area contributed by atoms with Crippen molar-refractivity contribution in [2.75, 3.05) is 31.1 Å². The zero-order valence-corrected chi connectivity index (χ0v) is 16.3. The largest absolute Gasteiger partial charge is 0.460 e. The monoisotopic (exact) mass is 389 g/mol. The molecule has 7 heteroatoms. The van der Waals surface area contributed by atoms with Crippen molar-refractivity contribution >= 4 is 11.7 Å². The molecule has 2 aliphatic heterocycles. The van der Waals surface area contributed by atoms with Gasteiger partial charge in [-0.05, 0) is 37.3 Å². The molecule has 3 aromatic rings. The van der Waals surface area contributed by atoms with Gasteiger partial charge in [-0.25, -0.2) is 4.98 Å². The molecule has 1 saturated heterocycles. The third-order valence-corrected chi connectivity index (χ3v) is 5.45. The van der Waals surface area contributed by atoms with E-state index in [0.29, 0.717) is 17.7 Å². The minimum Gasteiger partial charge on any atom is -0.460 e. The van der Waals surface area contributed by atoms with Crippen LogP contribution in [0.5, 0.6) is 0 Å². The van der Waals surface area contributed by atoms with Crippen LogP contribution in [0.4, 0.5) is 5.82 Å². The van der Waals surface area contributed by atoms with Crippen LogP contribution in [-0.4, -0.2) is 48.1 Å². The number of furan rings is 1. The molecule has 0 aromatic carbocycles. The van der Waals surface area contributed by atoms with Gasteiger partial charge in [0.25, 0.3) is 5.91 Å². The first-order valence-corrected chi connectivity index (χ1v) is 9.99. The first-order valence-electron chi connectivity index (χ1n) is 9.99. The number of carbonyl (C=O) groups excluding carboxylic acids is 1. The van der Waals surface area contributed by atoms with Gasteiger partial charge in [0.2, 0.25) is 0 Å². The molecule has 0 aliphatic carbocycles. The molecule has 2 aliphatic rings. The lowest BCUT2D eigenvalue weighted by atomic mass is 10.0. The molecule has 0 saturated carbocycles. The lowest BCUT2D eigenvalue weighted by Crippen LogP contribution is -2.43. The topological polar surface area (TPSA) is 83.3 Å². The number of carbonyl (C=O) groups is 1. The van der Waals surface area contributed by atoms with Crippen LogP contribution < -0.4 is 15.5 Å². The normalized spacial score (nSPS) is 19.0. The highest BCUT2D eigenvalue weighted by molar-refractivity contribution is 5.97. The van der Waals surface area contributed by atoms with Crippen molar-refractivity contribution in [3.63, 3.8) is 0 Å². The van der Waals surface area contributed by atoms with Crippen molar-refractivity contribution in [3.05, 3.63) is 54.0 Å². The van der Waals surface area contributed by atoms with Gasteiger partial charge in [0, 0.05) is 62.2 Å². The van der Waals surface area contributed by atoms with Gasteiger partial charge in [0.15, 0.2) is 0 Å². The van der Waals surface area contributed by atoms with Gasteiger partial charge in [-0.3, -0.25) is 9.78 Å². The van der Waals surface area contributed by atoms with Crippen LogP contribution in [0, 0.1) is 0 Å². The Hall–Kier alpha value is -3.19. The molecule has 1 fully saturated rings. The smallest absolute Gasteiger partial charge is 0.255 e. The third-order valence-electron chi connectivity index (χ3n) is 5.45. The quantitative estimate of drug-likeness (QED) is 0.716. The molecule has 5 heterocycles. The zero-order valence-electron chi connectivity index (χ0n) is 16.3. The second-order valence-corrected chi connectivity index (χ2v) is 7.60. The van der Waals surface area contributed by atoms with E-state index in [-0.39, 0.29) is 11.9 Å². The highest BCUT2D eigenvalue weighted by Gasteiger charge is 2.26. The molecule has 1 atom stereocenters. The first-order chi connectivity index (χ1) is 14.2. The molecule has 0 spiro atoms. The standard InChI is InChI=1S/C22H23N5O2/c1-14-10-20-17(22(28)26-14)12-19(29-20)15-4-5-24-18(11-15)16-2-3-21(25-13-16)27-8-6-23-7-9-27/h2-5,11-14,23H,6-10H2,1H3,(H,26,28)/t14-/m1/s1. The maximum atomic E-state index is 12.2. The summed E-state index contributed by atoms with van der Waals surface area (Å²) >= 11 is 0. The number of anilines is 1. The fourth-order valence-electron chi connectivity index (χ4n) is 3.91. The predicted octanol–water partition coefficient (Wildman–Crippen LogP) is 2.49. The number of fused-ring (bicyclic) bond motifs is 1. The molecule has 0 unspecified atom stereocenters. The summed E-state index contributed by atoms with van der Waals surface area (Å²) in [6.07, 6.45) is 4.33. The minimum absolute atomic E-state index is 0.0734. The van der Waals surface area contributed by atoms with Crippen LogP contribution in [0.2, 0.25) is 0 Å². The van der Waals surface area contributed by atoms with Gasteiger partial charge >= 0.3 is 0 Å². The highest BCUT2D eigenvalue weighted by Crippen LogP contribution is 2.30. The van der Waals surface area contributed by atoms with Crippen LogP contribution in [0.15, 0.2) is 47.1 Å². The molecular formula is C22H23N5O2. The number of hydrogen-bond acceptors (Lipinski definition) is 6. The van der Waals surface area contributed by atoms with Crippen LogP contribution >= 0.6 is 0 Å². The Balaban J connectivity index is 1.42. The van der Waals surface area contributed by atoms with Crippen molar-refractivity contribution in [1.29, 1.82) is 0 Å². The first kappa shape index (κ1) is 17.9. The SMILES string of the molecule is C[C@@H]1Cc2oc(-c3ccnc(-c4ccc(N5CCNCC5)nc4)c3)cc2C(=O)N1. The van der Waals surface area contributed by atoms with E-state index in [0.717, 1.165) is 54.6 Å². The van der Waals surface area contributed by atoms with Gasteiger partial charge in [-0.15, -0.1) is 0 Å². The summed E-state index contributed by atoms with van der Waals surface area (Å²) in [5.41, 5.74) is 3.30. The molecule has 2 N–H and O–H groups in total. The Morgan fingerprint density at radius 2 is 1.97 bits per heavy atom. The summed E-state index contributed by atoms with van der Waals surface area (Å²) in [6, 6.07) is 9.89. The second-order valence-electron chi connectivity index (χ2n) is 7.60. The van der Waals surface area contributed by atoms with E-state index in [1.165, 1.54) is 0 Å². The summed E-state index contributed by atoms with van der Waals surface area (Å²) in [5, 5.41) is 6.30. The van der Waals surface area contributed by atoms with E-state index < -0.39 is 0 Å². The molecule has 1 amide bonds. The molecule has 0 bridgehead atoms. The average Bonchev–Trinajstić information content (AvgIpc) is 3.19. The van der Waals surface area contributed by atoms with Gasteiger partial charge in [0.1, 0.15) is 17.3 Å². The minimum atomic E-state index is -0.0734. The number of aromatic nitrogens is 2. The predicted molar refractivity (Wildman–Crippen MR) is 111 cm³/mol. The second kappa shape index (κ2) is 7.33. The Morgan fingerprint density at radius 3 is 2.76 bits per heavy atom. The summed E-state index contributed by atoms with van der Waals surface area (Å²) in [6.45, 7) is 5.88. The summed E-state index contributed by atoms with van der Waals surface area (Å²) < 4.78 is 6.01. The number of amides is 1. The number of rotatable bonds is 3. The van der Waals surface area contributed by atoms with Crippen molar-refractivity contribution in [1.82, 2.24) is 20.6 Å². The van der Waals surface area contributed by atoms with Gasteiger partial charge in [-0.1, -0.05) is 0 Å². The van der Waals surface area contributed by atoms with E-state index in [9.17, 15) is 4.79 Å². The van der Waals surface area contributed by atoms with E-state index in [4.69, 9.17) is 4.42 Å². The Bertz CT molecular complexity index is 1040. The molecule has 5 rings (SSSR count). The van der Waals surface area contributed by atoms with Crippen molar-refractivity contribution in [3.8, 4) is 22.6 Å². The molecule has 7 nitrogen and oxygen atoms in total. The Morgan fingerprint density at radius 1 is 1.10 bits per heavy atom. The van der Waals surface area contributed by atoms with Crippen LogP contribution in [0.25, 0.3) is 22.6 Å². The lowest BCUT2D eigenvalue weighted by Gasteiger charge is -2.28. The lowest BCUT2D eigenvalue weighted by molar-refractivity contribution is 0.0925. The van der Waals surface area contributed by atoms with Crippen molar-refractivity contribution < 1.29 is 9.21 Å². The van der Waals surface area contributed by atoms with Gasteiger partial charge in [-0.2, -0.15) is 0 Å². The third kappa shape index (κ3) is 3.49. The number of piperazine rings is 1. The number of pyridine rings is 2. The maximum Gasteiger partial charge on any atom is 0.255 e. The molecule has 0 radical (unpaired) electrons. The molecule has 3 aromatic heterocycles. The molecular weight excluding hydrogens is 366 g/mol. The molecule has 29 heavy (non-hydrogen) atoms. The van der Waals surface area contributed by atoms with Crippen molar-refractivity contribution in [2.45, 2.75) is 19.4 Å². The number of hydrogen-bond donors (Lipinski definition) is 2. The summed E-state index contributed by atoms with van der Waals surface area (Å²) in [7, 11) is 0. The van der Waals surface area contributed by atoms with Gasteiger partial charge in [0.05, 0.1) is 11.3 Å². The zero-order chi connectivity index (χ0) is 19.8. The number of nitrogens with zero attached hydrogens (tertiary/aromatic N) is 3. The fraction of sp³-hybridized carbons (Fsp3) is 0.318. The maximum absolute atomic E-state index is 12.2. The Kier molecular flexibility index (Phi) is 4.52. The van der Waals surface area contributed by atoms with Crippen LogP contribution in [0.1, 0.15) is 23.0 Å². The molecule has 148 valence electrons. The summed E-state index contributed by atoms with van der Waals surface area (Å²) in [4.78, 5) is 23.6. The van der Waals surface area contributed by atoms with E-state index in [2.05, 4.69) is 31.6 Å². The van der Waals surface area contributed by atoms with Crippen LogP contribution in [-0.2, 0) is 6.42 Å². The van der Waals surface area contributed by atoms with E-state index in [1.807, 2.05) is 37.4 Å². The van der Waals surface area contributed by atoms with Crippen molar-refractivity contribution in [2.24, 2.45) is 0 Å². The van der Waals surface area contributed by atoms with E-state index in [1.54, 1.807) is 6.20 Å². The Labute approximate surface area is 169 Å². The fourth-order valence-corrected chi connectivity index (χ4v) is 3.91. The summed E-state index contributed by atoms with van der Waals surface area (Å²) in [5.74, 6) is 2.35. The van der Waals surface area contributed by atoms with E-state index >= 15 is 0 Å². The number of nitrogens with one attached hydrogen (secondary N) is 2.